The molecule has 16 heteroatoms. The zero-order valence-corrected chi connectivity index (χ0v) is 45.1. The Bertz CT molecular complexity index is 1870. The van der Waals surface area contributed by atoms with Gasteiger partial charge in [-0.15, -0.1) is 0 Å². The first-order chi connectivity index (χ1) is 30.1. The summed E-state index contributed by atoms with van der Waals surface area (Å²) in [4.78, 5) is 27.9. The minimum Gasteiger partial charge on any atom is -0.444 e. The zero-order valence-electron chi connectivity index (χ0n) is 43.5. The van der Waals surface area contributed by atoms with Crippen molar-refractivity contribution in [1.29, 1.82) is 0 Å². The number of nitrogens with zero attached hydrogens (tertiary/aromatic N) is 2. The van der Waals surface area contributed by atoms with E-state index in [0.29, 0.717) is 11.8 Å². The lowest BCUT2D eigenvalue weighted by Gasteiger charge is -2.33. The van der Waals surface area contributed by atoms with Crippen molar-refractivity contribution in [1.82, 2.24) is 9.80 Å². The minimum absolute atomic E-state index is 0.188. The van der Waals surface area contributed by atoms with Gasteiger partial charge in [-0.3, -0.25) is 0 Å². The third kappa shape index (κ3) is 13.6. The zero-order chi connectivity index (χ0) is 49.5. The molecular weight excluding hydrogens is 901 g/mol. The summed E-state index contributed by atoms with van der Waals surface area (Å²) in [5, 5.41) is 0. The Labute approximate surface area is 407 Å². The van der Waals surface area contributed by atoms with Gasteiger partial charge in [-0.1, -0.05) is 52.3 Å². The van der Waals surface area contributed by atoms with Crippen LogP contribution in [0.5, 0.6) is 0 Å². The van der Waals surface area contributed by atoms with E-state index in [0.717, 1.165) is 61.8 Å². The summed E-state index contributed by atoms with van der Waals surface area (Å²) in [5.74, 6) is 1.01. The van der Waals surface area contributed by atoms with Crippen molar-refractivity contribution >= 4 is 54.7 Å². The summed E-state index contributed by atoms with van der Waals surface area (Å²) < 4.78 is 48.1. The average Bonchev–Trinajstić information content (AvgIpc) is 3.67. The predicted octanol–water partition coefficient (Wildman–Crippen LogP) is 10.9. The largest absolute Gasteiger partial charge is 0.494 e. The molecule has 5 aliphatic rings. The first-order valence-corrected chi connectivity index (χ1v) is 24.8. The molecule has 0 unspecified atom stereocenters. The normalized spacial score (nSPS) is 23.4. The van der Waals surface area contributed by atoms with Crippen molar-refractivity contribution in [2.45, 2.75) is 207 Å². The number of ether oxygens (including phenoxy) is 2. The number of piperidine rings is 2. The van der Waals surface area contributed by atoms with E-state index in [4.69, 9.17) is 37.4 Å². The van der Waals surface area contributed by atoms with Gasteiger partial charge in [-0.25, -0.2) is 9.59 Å². The number of carbonyl (C=O) groups is 2. The molecule has 66 heavy (non-hydrogen) atoms. The smallest absolute Gasteiger partial charge is 0.444 e. The van der Waals surface area contributed by atoms with Gasteiger partial charge in [0.1, 0.15) is 11.2 Å². The highest BCUT2D eigenvalue weighted by Gasteiger charge is 2.63. The Hall–Kier alpha value is -2.59. The molecule has 0 spiro atoms. The summed E-state index contributed by atoms with van der Waals surface area (Å²) in [6, 6.07) is 17.1. The minimum atomic E-state index is -0.476. The summed E-state index contributed by atoms with van der Waals surface area (Å²) in [6.07, 6.45) is 3.51. The van der Waals surface area contributed by atoms with Crippen molar-refractivity contribution in [2.24, 2.45) is 0 Å². The second-order valence-corrected chi connectivity index (χ2v) is 24.5. The van der Waals surface area contributed by atoms with E-state index in [1.165, 1.54) is 11.1 Å². The van der Waals surface area contributed by atoms with Gasteiger partial charge in [-0.05, 0) is 191 Å². The fourth-order valence-corrected chi connectivity index (χ4v) is 8.35. The lowest BCUT2D eigenvalue weighted by Crippen LogP contribution is -2.41. The van der Waals surface area contributed by atoms with Crippen molar-refractivity contribution in [2.75, 3.05) is 26.2 Å². The summed E-state index contributed by atoms with van der Waals surface area (Å²) in [5.41, 5.74) is 0.757. The van der Waals surface area contributed by atoms with Gasteiger partial charge >= 0.3 is 33.3 Å². The van der Waals surface area contributed by atoms with Crippen LogP contribution in [0.2, 0.25) is 0 Å². The van der Waals surface area contributed by atoms with Crippen molar-refractivity contribution in [3.05, 3.63) is 64.1 Å². The van der Waals surface area contributed by atoms with Crippen LogP contribution < -0.4 is 5.46 Å². The highest BCUT2D eigenvalue weighted by Crippen LogP contribution is 2.43. The number of rotatable bonds is 4. The van der Waals surface area contributed by atoms with E-state index in [-0.39, 0.29) is 52.9 Å². The van der Waals surface area contributed by atoms with E-state index in [1.54, 1.807) is 0 Å². The molecule has 0 bridgehead atoms. The number of likely N-dealkylation sites (tertiary alicyclic amines) is 2. The molecule has 7 rings (SSSR count). The molecule has 366 valence electrons. The molecule has 0 radical (unpaired) electrons. The number of hydrogen-bond donors (Lipinski definition) is 0. The maximum absolute atomic E-state index is 12.2. The first kappa shape index (κ1) is 54.4. The third-order valence-electron chi connectivity index (χ3n) is 14.3. The number of hydrogen-bond acceptors (Lipinski definition) is 10. The quantitative estimate of drug-likeness (QED) is 0.274. The lowest BCUT2D eigenvalue weighted by atomic mass is 9.49. The van der Waals surface area contributed by atoms with Crippen LogP contribution in [0.3, 0.4) is 0 Å². The molecule has 0 atom stereocenters. The summed E-state index contributed by atoms with van der Waals surface area (Å²) >= 11 is 3.46. The topological polar surface area (TPSA) is 114 Å². The van der Waals surface area contributed by atoms with Crippen LogP contribution in [0.25, 0.3) is 0 Å². The fourth-order valence-electron chi connectivity index (χ4n) is 8.08. The Kier molecular flexibility index (Phi) is 16.5. The predicted molar refractivity (Wildman–Crippen MR) is 268 cm³/mol. The first-order valence-electron chi connectivity index (χ1n) is 24.0. The van der Waals surface area contributed by atoms with E-state index in [2.05, 4.69) is 92.2 Å². The summed E-state index contributed by atoms with van der Waals surface area (Å²) in [7, 11) is -1.28. The van der Waals surface area contributed by atoms with Crippen molar-refractivity contribution in [3.63, 3.8) is 0 Å². The maximum atomic E-state index is 12.2. The molecule has 2 amide bonds. The van der Waals surface area contributed by atoms with E-state index >= 15 is 0 Å². The highest BCUT2D eigenvalue weighted by molar-refractivity contribution is 9.10. The Morgan fingerprint density at radius 3 is 1.06 bits per heavy atom. The summed E-state index contributed by atoms with van der Waals surface area (Å²) in [6.45, 7) is 38.9. The monoisotopic (exact) mass is 981 g/mol. The van der Waals surface area contributed by atoms with Crippen LogP contribution in [-0.2, 0) is 37.4 Å². The van der Waals surface area contributed by atoms with Gasteiger partial charge in [0.15, 0.2) is 0 Å². The second-order valence-electron chi connectivity index (χ2n) is 23.5. The number of amides is 2. The molecule has 12 nitrogen and oxygen atoms in total. The molecule has 0 N–H and O–H groups in total. The van der Waals surface area contributed by atoms with Crippen LogP contribution in [0.1, 0.15) is 173 Å². The molecule has 5 fully saturated rings. The molecule has 5 aliphatic heterocycles. The van der Waals surface area contributed by atoms with Gasteiger partial charge in [0.2, 0.25) is 0 Å². The number of benzene rings is 2. The van der Waals surface area contributed by atoms with E-state index < -0.39 is 25.2 Å². The molecule has 5 heterocycles. The van der Waals surface area contributed by atoms with Gasteiger partial charge < -0.3 is 47.2 Å². The van der Waals surface area contributed by atoms with Crippen LogP contribution in [-0.4, -0.2) is 114 Å². The lowest BCUT2D eigenvalue weighted by molar-refractivity contribution is 0.00578. The second kappa shape index (κ2) is 20.0. The number of carbonyl (C=O) groups excluding carboxylic acids is 2. The van der Waals surface area contributed by atoms with Crippen LogP contribution >= 0.6 is 15.9 Å². The van der Waals surface area contributed by atoms with Gasteiger partial charge in [-0.2, -0.15) is 0 Å². The standard InChI is InChI=1S/C22H34BNO4.C16H22BrNO2.C12H24B2O4/c1-20(2,3)26-19(25)24-14-12-17(13-15-24)16-8-10-18(11-9-16)23-27-21(4,5)22(6,7)28-23;1-16(2,3)20-15(19)18-10-8-13(9-11-18)12-4-6-14(17)7-5-12;1-9(2)10(3,4)16-13(15-9)14-17-11(5,6)12(7,8)18-14/h8-11,17H,12-15H2,1-7H3;4-7,13H,8-11H2,1-3H3;1-8H3. The molecule has 5 saturated heterocycles. The number of halogens is 1. The van der Waals surface area contributed by atoms with E-state index in [9.17, 15) is 9.59 Å². The third-order valence-corrected chi connectivity index (χ3v) is 14.9. The van der Waals surface area contributed by atoms with Crippen molar-refractivity contribution < 1.29 is 47.0 Å². The molecule has 2 aromatic rings. The average molecular weight is 982 g/mol. The molecule has 0 saturated carbocycles. The van der Waals surface area contributed by atoms with E-state index in [1.807, 2.05) is 107 Å². The van der Waals surface area contributed by atoms with Gasteiger partial charge in [0, 0.05) is 30.7 Å². The van der Waals surface area contributed by atoms with Crippen LogP contribution in [0.15, 0.2) is 53.0 Å². The highest BCUT2D eigenvalue weighted by atomic mass is 79.9. The van der Waals surface area contributed by atoms with Crippen molar-refractivity contribution in [3.8, 4) is 0 Å². The molecular formula is C50H80B3BrN2O10. The molecule has 2 aromatic carbocycles. The Balaban J connectivity index is 0.000000192. The van der Waals surface area contributed by atoms with Gasteiger partial charge in [0.05, 0.1) is 33.6 Å². The van der Waals surface area contributed by atoms with Crippen LogP contribution in [0, 0.1) is 0 Å². The van der Waals surface area contributed by atoms with Gasteiger partial charge in [0.25, 0.3) is 0 Å². The molecule has 0 aromatic heterocycles. The fraction of sp³-hybridized carbons (Fsp3) is 0.720. The molecule has 0 aliphatic carbocycles. The SMILES string of the molecule is CC(C)(C)OC(=O)N1CCC(c2ccc(B3OC(C)(C)C(C)(C)O3)cc2)CC1.CC(C)(C)OC(=O)N1CCC(c2ccc(Br)cc2)CC1.CC1(C)OB(B2OC(C)(C)C(C)(C)O2)OC1(C)C. The Morgan fingerprint density at radius 1 is 0.500 bits per heavy atom. The Morgan fingerprint density at radius 2 is 0.773 bits per heavy atom. The van der Waals surface area contributed by atoms with Crippen LogP contribution in [0.4, 0.5) is 9.59 Å². The maximum Gasteiger partial charge on any atom is 0.494 e.